The third-order valence-corrected chi connectivity index (χ3v) is 6.53. The van der Waals surface area contributed by atoms with Gasteiger partial charge in [0.15, 0.2) is 5.69 Å². The van der Waals surface area contributed by atoms with E-state index in [9.17, 15) is 13.2 Å². The van der Waals surface area contributed by atoms with Crippen molar-refractivity contribution in [1.29, 1.82) is 0 Å². The van der Waals surface area contributed by atoms with Gasteiger partial charge in [-0.05, 0) is 44.4 Å². The zero-order valence-corrected chi connectivity index (χ0v) is 15.8. The molecule has 1 aromatic heterocycles. The minimum atomic E-state index is -3.59. The summed E-state index contributed by atoms with van der Waals surface area (Å²) in [6.07, 6.45) is 3.86. The van der Waals surface area contributed by atoms with E-state index in [2.05, 4.69) is 10.5 Å². The van der Waals surface area contributed by atoms with E-state index in [0.29, 0.717) is 30.1 Å². The number of hydrogen-bond donors (Lipinski definition) is 1. The van der Waals surface area contributed by atoms with Crippen molar-refractivity contribution in [3.63, 3.8) is 0 Å². The number of aryl methyl sites for hydroxylation is 2. The summed E-state index contributed by atoms with van der Waals surface area (Å²) in [6.45, 7) is 4.53. The van der Waals surface area contributed by atoms with Crippen LogP contribution in [0.2, 0.25) is 0 Å². The molecule has 3 rings (SSSR count). The van der Waals surface area contributed by atoms with Gasteiger partial charge in [0.25, 0.3) is 5.91 Å². The molecule has 0 saturated carbocycles. The molecule has 0 bridgehead atoms. The lowest BCUT2D eigenvalue weighted by atomic mass is 10.2. The number of carbonyl (C=O) groups excluding carboxylic acids is 1. The Morgan fingerprint density at radius 3 is 2.42 bits per heavy atom. The minimum absolute atomic E-state index is 0.153. The van der Waals surface area contributed by atoms with E-state index in [1.54, 1.807) is 30.3 Å². The quantitative estimate of drug-likeness (QED) is 0.884. The molecule has 140 valence electrons. The van der Waals surface area contributed by atoms with Gasteiger partial charge in [-0.3, -0.25) is 4.79 Å². The third-order valence-electron chi connectivity index (χ3n) is 4.49. The number of nitrogens with zero attached hydrogens (tertiary/aromatic N) is 2. The van der Waals surface area contributed by atoms with E-state index in [1.165, 1.54) is 12.1 Å². The lowest BCUT2D eigenvalue weighted by molar-refractivity contribution is 0.101. The summed E-state index contributed by atoms with van der Waals surface area (Å²) in [5.74, 6) is 0.0901. The number of carbonyl (C=O) groups is 1. The molecule has 0 atom stereocenters. The predicted octanol–water partition coefficient (Wildman–Crippen LogP) is 3.11. The molecule has 1 aliphatic rings. The van der Waals surface area contributed by atoms with Crippen LogP contribution >= 0.6 is 0 Å². The number of sulfonamides is 1. The average molecular weight is 377 g/mol. The first kappa shape index (κ1) is 18.6. The molecule has 26 heavy (non-hydrogen) atoms. The van der Waals surface area contributed by atoms with Crippen LogP contribution in [0.4, 0.5) is 5.69 Å². The fraction of sp³-hybridized carbons (Fsp3) is 0.444. The molecule has 8 heteroatoms. The smallest absolute Gasteiger partial charge is 0.277 e. The first-order valence-corrected chi connectivity index (χ1v) is 10.2. The van der Waals surface area contributed by atoms with Crippen molar-refractivity contribution in [3.8, 4) is 0 Å². The second-order valence-corrected chi connectivity index (χ2v) is 8.48. The van der Waals surface area contributed by atoms with Crippen molar-refractivity contribution in [2.24, 2.45) is 0 Å². The maximum absolute atomic E-state index is 13.1. The molecule has 7 nitrogen and oxygen atoms in total. The van der Waals surface area contributed by atoms with Gasteiger partial charge < -0.3 is 9.84 Å². The van der Waals surface area contributed by atoms with Crippen LogP contribution in [0.1, 0.15) is 47.5 Å². The summed E-state index contributed by atoms with van der Waals surface area (Å²) in [5, 5.41) is 6.35. The molecule has 1 aromatic carbocycles. The van der Waals surface area contributed by atoms with Gasteiger partial charge in [-0.1, -0.05) is 24.1 Å². The standard InChI is InChI=1S/C18H23N3O4S/c1-13-7-8-15(19-18(22)16-11-14(2)25-20-16)12-17(13)26(23,24)21-9-5-3-4-6-10-21/h7-8,11-12H,3-6,9-10H2,1-2H3,(H,19,22). The molecule has 2 heterocycles. The van der Waals surface area contributed by atoms with Gasteiger partial charge in [0.2, 0.25) is 10.0 Å². The molecule has 1 amide bonds. The molecule has 0 unspecified atom stereocenters. The van der Waals surface area contributed by atoms with Gasteiger partial charge in [0.1, 0.15) is 5.76 Å². The lowest BCUT2D eigenvalue weighted by Gasteiger charge is -2.21. The zero-order chi connectivity index (χ0) is 18.7. The number of rotatable bonds is 4. The normalized spacial score (nSPS) is 16.2. The summed E-state index contributed by atoms with van der Waals surface area (Å²) < 4.78 is 32.6. The van der Waals surface area contributed by atoms with E-state index in [-0.39, 0.29) is 10.6 Å². The fourth-order valence-corrected chi connectivity index (χ4v) is 4.81. The van der Waals surface area contributed by atoms with Crippen molar-refractivity contribution in [2.45, 2.75) is 44.4 Å². The summed E-state index contributed by atoms with van der Waals surface area (Å²) in [4.78, 5) is 12.5. The minimum Gasteiger partial charge on any atom is -0.361 e. The SMILES string of the molecule is Cc1cc(C(=O)Nc2ccc(C)c(S(=O)(=O)N3CCCCCC3)c2)no1. The zero-order valence-electron chi connectivity index (χ0n) is 15.0. The highest BCUT2D eigenvalue weighted by Gasteiger charge is 2.27. The highest BCUT2D eigenvalue weighted by atomic mass is 32.2. The third kappa shape index (κ3) is 3.96. The highest BCUT2D eigenvalue weighted by Crippen LogP contribution is 2.26. The Balaban J connectivity index is 1.86. The number of aromatic nitrogens is 1. The Morgan fingerprint density at radius 1 is 1.12 bits per heavy atom. The van der Waals surface area contributed by atoms with Crippen molar-refractivity contribution < 1.29 is 17.7 Å². The fourth-order valence-electron chi connectivity index (χ4n) is 3.05. The van der Waals surface area contributed by atoms with Gasteiger partial charge in [-0.15, -0.1) is 0 Å². The van der Waals surface area contributed by atoms with Crippen LogP contribution in [0.25, 0.3) is 0 Å². The molecule has 1 saturated heterocycles. The topological polar surface area (TPSA) is 92.5 Å². The van der Waals surface area contributed by atoms with Gasteiger partial charge >= 0.3 is 0 Å². The number of amides is 1. The van der Waals surface area contributed by atoms with Crippen LogP contribution in [-0.4, -0.2) is 36.9 Å². The van der Waals surface area contributed by atoms with E-state index in [1.807, 2.05) is 0 Å². The van der Waals surface area contributed by atoms with Crippen LogP contribution in [0.15, 0.2) is 33.7 Å². The van der Waals surface area contributed by atoms with Crippen LogP contribution in [0, 0.1) is 13.8 Å². The Hall–Kier alpha value is -2.19. The van der Waals surface area contributed by atoms with Crippen molar-refractivity contribution in [2.75, 3.05) is 18.4 Å². The van der Waals surface area contributed by atoms with E-state index in [0.717, 1.165) is 25.7 Å². The lowest BCUT2D eigenvalue weighted by Crippen LogP contribution is -2.32. The molecule has 0 aliphatic carbocycles. The monoisotopic (exact) mass is 377 g/mol. The largest absolute Gasteiger partial charge is 0.361 e. The number of hydrogen-bond acceptors (Lipinski definition) is 5. The van der Waals surface area contributed by atoms with Gasteiger partial charge in [0, 0.05) is 24.8 Å². The van der Waals surface area contributed by atoms with Crippen molar-refractivity contribution in [3.05, 3.63) is 41.3 Å². The Bertz CT molecular complexity index is 897. The molecule has 1 aliphatic heterocycles. The summed E-state index contributed by atoms with van der Waals surface area (Å²) in [6, 6.07) is 6.43. The van der Waals surface area contributed by atoms with Crippen LogP contribution in [0.3, 0.4) is 0 Å². The first-order valence-electron chi connectivity index (χ1n) is 8.73. The Kier molecular flexibility index (Phi) is 5.43. The van der Waals surface area contributed by atoms with Crippen molar-refractivity contribution in [1.82, 2.24) is 9.46 Å². The van der Waals surface area contributed by atoms with Crippen LogP contribution in [-0.2, 0) is 10.0 Å². The number of anilines is 1. The maximum Gasteiger partial charge on any atom is 0.277 e. The van der Waals surface area contributed by atoms with Crippen molar-refractivity contribution >= 4 is 21.6 Å². The number of benzene rings is 1. The molecule has 2 aromatic rings. The summed E-state index contributed by atoms with van der Waals surface area (Å²) in [5.41, 5.74) is 1.22. The molecule has 0 spiro atoms. The van der Waals surface area contributed by atoms with Crippen LogP contribution in [0.5, 0.6) is 0 Å². The molecule has 1 N–H and O–H groups in total. The first-order chi connectivity index (χ1) is 12.4. The summed E-state index contributed by atoms with van der Waals surface area (Å²) >= 11 is 0. The Labute approximate surface area is 153 Å². The molecule has 1 fully saturated rings. The van der Waals surface area contributed by atoms with E-state index in [4.69, 9.17) is 4.52 Å². The summed E-state index contributed by atoms with van der Waals surface area (Å²) in [7, 11) is -3.59. The second kappa shape index (κ2) is 7.59. The van der Waals surface area contributed by atoms with E-state index >= 15 is 0 Å². The van der Waals surface area contributed by atoms with Gasteiger partial charge in [-0.2, -0.15) is 4.31 Å². The average Bonchev–Trinajstić information content (AvgIpc) is 2.86. The Morgan fingerprint density at radius 2 is 1.81 bits per heavy atom. The van der Waals surface area contributed by atoms with E-state index < -0.39 is 15.9 Å². The molecular formula is C18H23N3O4S. The van der Waals surface area contributed by atoms with Gasteiger partial charge in [-0.25, -0.2) is 8.42 Å². The molecule has 0 radical (unpaired) electrons. The second-order valence-electron chi connectivity index (χ2n) is 6.58. The van der Waals surface area contributed by atoms with Crippen LogP contribution < -0.4 is 5.32 Å². The van der Waals surface area contributed by atoms with Gasteiger partial charge in [0.05, 0.1) is 4.90 Å². The predicted molar refractivity (Wildman–Crippen MR) is 97.6 cm³/mol. The maximum atomic E-state index is 13.1. The molecular weight excluding hydrogens is 354 g/mol. The number of nitrogens with one attached hydrogen (secondary N) is 1. The highest BCUT2D eigenvalue weighted by molar-refractivity contribution is 7.89.